The molecule has 0 bridgehead atoms. The Morgan fingerprint density at radius 2 is 1.50 bits per heavy atom. The molecule has 0 unspecified atom stereocenters. The molecule has 30 heavy (non-hydrogen) atoms. The van der Waals surface area contributed by atoms with Crippen molar-refractivity contribution in [2.45, 2.75) is 6.92 Å². The zero-order chi connectivity index (χ0) is 21.6. The maximum absolute atomic E-state index is 14.1. The molecule has 0 aliphatic carbocycles. The average Bonchev–Trinajstić information content (AvgIpc) is 2.73. The van der Waals surface area contributed by atoms with Gasteiger partial charge in [-0.15, -0.1) is 0 Å². The van der Waals surface area contributed by atoms with Gasteiger partial charge in [0.05, 0.1) is 12.6 Å². The molecule has 0 saturated heterocycles. The van der Waals surface area contributed by atoms with Crippen LogP contribution >= 0.6 is 0 Å². The Morgan fingerprint density at radius 1 is 0.833 bits per heavy atom. The maximum Gasteiger partial charge on any atom is 0.197 e. The first kappa shape index (κ1) is 19.7. The van der Waals surface area contributed by atoms with E-state index in [1.807, 2.05) is 0 Å². The Labute approximate surface area is 168 Å². The van der Waals surface area contributed by atoms with Crippen LogP contribution in [-0.2, 0) is 0 Å². The fraction of sp³-hybridized carbons (Fsp3) is 0.0870. The summed E-state index contributed by atoms with van der Waals surface area (Å²) in [7, 11) is 1.33. The number of pyridine rings is 1. The van der Waals surface area contributed by atoms with Crippen molar-refractivity contribution in [2.75, 3.05) is 7.11 Å². The van der Waals surface area contributed by atoms with Crippen molar-refractivity contribution in [1.29, 1.82) is 0 Å². The van der Waals surface area contributed by atoms with E-state index < -0.39 is 23.3 Å². The number of H-pyrrole nitrogens is 1. The molecule has 0 radical (unpaired) electrons. The molecule has 152 valence electrons. The third-order valence-electron chi connectivity index (χ3n) is 4.98. The first-order valence-electron chi connectivity index (χ1n) is 8.96. The van der Waals surface area contributed by atoms with E-state index in [1.54, 1.807) is 19.1 Å². The van der Waals surface area contributed by atoms with Crippen molar-refractivity contribution in [3.8, 4) is 28.0 Å². The second kappa shape index (κ2) is 7.33. The maximum atomic E-state index is 14.1. The molecule has 4 rings (SSSR count). The molecule has 0 amide bonds. The lowest BCUT2D eigenvalue weighted by molar-refractivity contribution is 0.387. The Bertz CT molecular complexity index is 1340. The lowest BCUT2D eigenvalue weighted by Crippen LogP contribution is -2.10. The van der Waals surface area contributed by atoms with Gasteiger partial charge in [0, 0.05) is 28.3 Å². The topological polar surface area (TPSA) is 42.1 Å². The van der Waals surface area contributed by atoms with Gasteiger partial charge in [-0.2, -0.15) is 0 Å². The minimum atomic E-state index is -1.55. The van der Waals surface area contributed by atoms with Crippen LogP contribution in [0.1, 0.15) is 5.69 Å². The van der Waals surface area contributed by atoms with Crippen LogP contribution in [0.4, 0.5) is 17.6 Å². The van der Waals surface area contributed by atoms with Crippen LogP contribution in [0.15, 0.2) is 53.3 Å². The van der Waals surface area contributed by atoms with E-state index >= 15 is 0 Å². The molecule has 1 N–H and O–H groups in total. The monoisotopic (exact) mass is 413 g/mol. The van der Waals surface area contributed by atoms with Crippen LogP contribution in [-0.4, -0.2) is 12.1 Å². The van der Waals surface area contributed by atoms with Crippen LogP contribution in [0, 0.1) is 30.2 Å². The smallest absolute Gasteiger partial charge is 0.197 e. The van der Waals surface area contributed by atoms with Gasteiger partial charge in [0.25, 0.3) is 0 Å². The summed E-state index contributed by atoms with van der Waals surface area (Å²) < 4.78 is 59.8. The normalized spacial score (nSPS) is 11.1. The predicted molar refractivity (Wildman–Crippen MR) is 107 cm³/mol. The number of benzene rings is 3. The van der Waals surface area contributed by atoms with Crippen LogP contribution < -0.4 is 10.2 Å². The van der Waals surface area contributed by atoms with Gasteiger partial charge in [0.2, 0.25) is 0 Å². The van der Waals surface area contributed by atoms with Crippen LogP contribution in [0.3, 0.4) is 0 Å². The van der Waals surface area contributed by atoms with Crippen LogP contribution in [0.2, 0.25) is 0 Å². The van der Waals surface area contributed by atoms with Crippen molar-refractivity contribution in [2.24, 2.45) is 0 Å². The highest BCUT2D eigenvalue weighted by atomic mass is 19.2. The van der Waals surface area contributed by atoms with E-state index in [4.69, 9.17) is 4.74 Å². The van der Waals surface area contributed by atoms with E-state index in [2.05, 4.69) is 4.98 Å². The molecule has 1 aromatic heterocycles. The van der Waals surface area contributed by atoms with Crippen molar-refractivity contribution in [3.63, 3.8) is 0 Å². The lowest BCUT2D eigenvalue weighted by Gasteiger charge is -2.11. The Morgan fingerprint density at radius 3 is 2.17 bits per heavy atom. The summed E-state index contributed by atoms with van der Waals surface area (Å²) in [5, 5.41) is 0.157. The summed E-state index contributed by atoms with van der Waals surface area (Å²) in [6.45, 7) is 1.70. The number of nitrogens with one attached hydrogen (secondary N) is 1. The third kappa shape index (κ3) is 3.12. The number of hydrogen-bond acceptors (Lipinski definition) is 2. The van der Waals surface area contributed by atoms with Crippen LogP contribution in [0.5, 0.6) is 5.75 Å². The molecular formula is C23H15F4NO2. The number of hydrogen-bond donors (Lipinski definition) is 1. The quantitative estimate of drug-likeness (QED) is 0.344. The van der Waals surface area contributed by atoms with Crippen molar-refractivity contribution in [3.05, 3.63) is 87.7 Å². The first-order chi connectivity index (χ1) is 14.3. The summed E-state index contributed by atoms with van der Waals surface area (Å²) in [6, 6.07) is 10.7. The molecule has 0 saturated carbocycles. The first-order valence-corrected chi connectivity index (χ1v) is 8.96. The van der Waals surface area contributed by atoms with E-state index in [9.17, 15) is 22.4 Å². The Hall–Kier alpha value is -3.61. The van der Waals surface area contributed by atoms with E-state index in [-0.39, 0.29) is 22.1 Å². The number of rotatable bonds is 3. The number of halogens is 4. The fourth-order valence-corrected chi connectivity index (χ4v) is 3.48. The van der Waals surface area contributed by atoms with Gasteiger partial charge < -0.3 is 9.72 Å². The third-order valence-corrected chi connectivity index (χ3v) is 4.98. The number of fused-ring (bicyclic) bond motifs is 1. The predicted octanol–water partition coefficient (Wildman–Crippen LogP) is 5.74. The fourth-order valence-electron chi connectivity index (χ4n) is 3.48. The molecule has 0 fully saturated rings. The average molecular weight is 413 g/mol. The molecule has 0 aliphatic rings. The number of ether oxygens (including phenoxy) is 1. The molecular weight excluding hydrogens is 398 g/mol. The van der Waals surface area contributed by atoms with Gasteiger partial charge >= 0.3 is 0 Å². The van der Waals surface area contributed by atoms with E-state index in [0.717, 1.165) is 18.2 Å². The molecule has 3 nitrogen and oxygen atoms in total. The zero-order valence-corrected chi connectivity index (χ0v) is 15.9. The second-order valence-corrected chi connectivity index (χ2v) is 6.79. The van der Waals surface area contributed by atoms with Gasteiger partial charge in [-0.25, -0.2) is 17.6 Å². The molecule has 4 aromatic rings. The summed E-state index contributed by atoms with van der Waals surface area (Å²) in [5.41, 5.74) is 1.66. The van der Waals surface area contributed by atoms with Gasteiger partial charge in [0.15, 0.2) is 34.4 Å². The van der Waals surface area contributed by atoms with Gasteiger partial charge in [-0.3, -0.25) is 4.79 Å². The highest BCUT2D eigenvalue weighted by Gasteiger charge is 2.17. The minimum Gasteiger partial charge on any atom is -0.494 e. The largest absolute Gasteiger partial charge is 0.494 e. The molecule has 7 heteroatoms. The van der Waals surface area contributed by atoms with Gasteiger partial charge in [-0.05, 0) is 36.2 Å². The minimum absolute atomic E-state index is 0.0169. The Balaban J connectivity index is 1.83. The van der Waals surface area contributed by atoms with Gasteiger partial charge in [-0.1, -0.05) is 24.3 Å². The summed E-state index contributed by atoms with van der Waals surface area (Å²) in [6.07, 6.45) is 0. The second-order valence-electron chi connectivity index (χ2n) is 6.79. The number of aryl methyl sites for hydroxylation is 1. The number of aromatic nitrogens is 1. The SMILES string of the molecule is COc1cc2[nH]c(C)c(-c3ccc(-c4ccc(F)c(F)c4F)cc3)c(=O)c2cc1F. The highest BCUT2D eigenvalue weighted by Crippen LogP contribution is 2.30. The molecule has 0 spiro atoms. The van der Waals surface area contributed by atoms with Crippen molar-refractivity contribution in [1.82, 2.24) is 4.98 Å². The van der Waals surface area contributed by atoms with Crippen molar-refractivity contribution < 1.29 is 22.3 Å². The van der Waals surface area contributed by atoms with Crippen molar-refractivity contribution >= 4 is 10.9 Å². The molecule has 1 heterocycles. The number of methoxy groups -OCH3 is 1. The van der Waals surface area contributed by atoms with Crippen LogP contribution in [0.25, 0.3) is 33.2 Å². The van der Waals surface area contributed by atoms with Gasteiger partial charge in [0.1, 0.15) is 0 Å². The highest BCUT2D eigenvalue weighted by molar-refractivity contribution is 5.86. The standard InChI is InChI=1S/C23H15F4NO2/c1-11-20(23(29)15-9-17(25)19(30-2)10-18(15)28-11)13-5-3-12(4-6-13)14-7-8-16(24)22(27)21(14)26/h3-10H,1-2H3,(H,28,29). The summed E-state index contributed by atoms with van der Waals surface area (Å²) in [5.74, 6) is -4.74. The number of aromatic amines is 1. The summed E-state index contributed by atoms with van der Waals surface area (Å²) >= 11 is 0. The zero-order valence-electron chi connectivity index (χ0n) is 15.9. The molecule has 0 atom stereocenters. The molecule has 3 aromatic carbocycles. The van der Waals surface area contributed by atoms with E-state index in [1.165, 1.54) is 25.3 Å². The van der Waals surface area contributed by atoms with E-state index in [0.29, 0.717) is 27.9 Å². The lowest BCUT2D eigenvalue weighted by atomic mass is 9.97. The summed E-state index contributed by atoms with van der Waals surface area (Å²) in [4.78, 5) is 16.1. The molecule has 0 aliphatic heterocycles. The Kier molecular flexibility index (Phi) is 4.81.